The van der Waals surface area contributed by atoms with Crippen molar-refractivity contribution in [2.75, 3.05) is 26.2 Å². The van der Waals surface area contributed by atoms with Crippen molar-refractivity contribution in [3.8, 4) is 0 Å². The normalized spacial score (nSPS) is 37.4. The van der Waals surface area contributed by atoms with Crippen molar-refractivity contribution in [1.82, 2.24) is 10.2 Å². The standard InChI is InChI=1S/C10H18N2/c1-9-4-5-11-8-10(9)12-6-2-3-7-12/h2-3,9-11H,4-8H2,1H3. The van der Waals surface area contributed by atoms with E-state index in [9.17, 15) is 0 Å². The second-order valence-electron chi connectivity index (χ2n) is 3.96. The average Bonchev–Trinajstić information content (AvgIpc) is 2.57. The molecule has 2 aliphatic heterocycles. The molecule has 0 aliphatic carbocycles. The Balaban J connectivity index is 1.92. The molecule has 0 amide bonds. The summed E-state index contributed by atoms with van der Waals surface area (Å²) in [6, 6.07) is 0.772. The molecule has 2 rings (SSSR count). The van der Waals surface area contributed by atoms with Crippen LogP contribution in [0.15, 0.2) is 12.2 Å². The minimum Gasteiger partial charge on any atom is -0.315 e. The highest BCUT2D eigenvalue weighted by Crippen LogP contribution is 2.19. The Kier molecular flexibility index (Phi) is 2.47. The Bertz CT molecular complexity index is 169. The molecule has 2 nitrogen and oxygen atoms in total. The fourth-order valence-electron chi connectivity index (χ4n) is 2.23. The first-order chi connectivity index (χ1) is 5.88. The van der Waals surface area contributed by atoms with Gasteiger partial charge in [-0.3, -0.25) is 4.90 Å². The predicted octanol–water partition coefficient (Wildman–Crippen LogP) is 0.856. The Morgan fingerprint density at radius 3 is 2.75 bits per heavy atom. The fraction of sp³-hybridized carbons (Fsp3) is 0.800. The first kappa shape index (κ1) is 8.27. The van der Waals surface area contributed by atoms with Crippen LogP contribution in [0.5, 0.6) is 0 Å². The molecule has 0 saturated carbocycles. The molecule has 2 heteroatoms. The third kappa shape index (κ3) is 1.54. The first-order valence-electron chi connectivity index (χ1n) is 4.97. The van der Waals surface area contributed by atoms with Crippen LogP contribution in [0.25, 0.3) is 0 Å². The van der Waals surface area contributed by atoms with Crippen LogP contribution >= 0.6 is 0 Å². The summed E-state index contributed by atoms with van der Waals surface area (Å²) in [6.45, 7) is 7.10. The van der Waals surface area contributed by atoms with Gasteiger partial charge in [0.15, 0.2) is 0 Å². The molecule has 2 aliphatic rings. The highest BCUT2D eigenvalue weighted by atomic mass is 15.2. The summed E-state index contributed by atoms with van der Waals surface area (Å²) in [5.41, 5.74) is 0. The van der Waals surface area contributed by atoms with E-state index in [4.69, 9.17) is 0 Å². The molecule has 0 radical (unpaired) electrons. The van der Waals surface area contributed by atoms with Crippen molar-refractivity contribution < 1.29 is 0 Å². The van der Waals surface area contributed by atoms with E-state index < -0.39 is 0 Å². The smallest absolute Gasteiger partial charge is 0.0253 e. The molecule has 1 N–H and O–H groups in total. The first-order valence-corrected chi connectivity index (χ1v) is 4.97. The van der Waals surface area contributed by atoms with Crippen LogP contribution in [0, 0.1) is 5.92 Å². The SMILES string of the molecule is CC1CCNCC1N1CC=CC1. The van der Waals surface area contributed by atoms with E-state index in [1.165, 1.54) is 19.5 Å². The molecule has 0 aromatic heterocycles. The van der Waals surface area contributed by atoms with Gasteiger partial charge in [0.2, 0.25) is 0 Å². The number of nitrogens with zero attached hydrogens (tertiary/aromatic N) is 1. The highest BCUT2D eigenvalue weighted by Gasteiger charge is 2.26. The van der Waals surface area contributed by atoms with Crippen molar-refractivity contribution in [1.29, 1.82) is 0 Å². The summed E-state index contributed by atoms with van der Waals surface area (Å²) in [6.07, 6.45) is 5.89. The Hall–Kier alpha value is -0.340. The number of hydrogen-bond donors (Lipinski definition) is 1. The molecule has 68 valence electrons. The summed E-state index contributed by atoms with van der Waals surface area (Å²) in [5, 5.41) is 3.47. The number of rotatable bonds is 1. The van der Waals surface area contributed by atoms with Crippen LogP contribution in [0.3, 0.4) is 0 Å². The Morgan fingerprint density at radius 2 is 2.08 bits per heavy atom. The van der Waals surface area contributed by atoms with Crippen molar-refractivity contribution in [2.24, 2.45) is 5.92 Å². The molecule has 0 bridgehead atoms. The highest BCUT2D eigenvalue weighted by molar-refractivity contribution is 4.99. The van der Waals surface area contributed by atoms with E-state index >= 15 is 0 Å². The van der Waals surface area contributed by atoms with Gasteiger partial charge in [0, 0.05) is 25.7 Å². The van der Waals surface area contributed by atoms with Gasteiger partial charge >= 0.3 is 0 Å². The zero-order valence-electron chi connectivity index (χ0n) is 7.79. The van der Waals surface area contributed by atoms with Crippen LogP contribution in [0.2, 0.25) is 0 Å². The average molecular weight is 166 g/mol. The van der Waals surface area contributed by atoms with Gasteiger partial charge in [-0.25, -0.2) is 0 Å². The van der Waals surface area contributed by atoms with E-state index in [1.54, 1.807) is 0 Å². The fourth-order valence-corrected chi connectivity index (χ4v) is 2.23. The van der Waals surface area contributed by atoms with E-state index in [1.807, 2.05) is 0 Å². The van der Waals surface area contributed by atoms with E-state index in [0.717, 1.165) is 25.0 Å². The van der Waals surface area contributed by atoms with Crippen LogP contribution < -0.4 is 5.32 Å². The molecular formula is C10H18N2. The summed E-state index contributed by atoms with van der Waals surface area (Å²) < 4.78 is 0. The maximum absolute atomic E-state index is 3.47. The third-order valence-corrected chi connectivity index (χ3v) is 3.10. The molecule has 12 heavy (non-hydrogen) atoms. The van der Waals surface area contributed by atoms with Gasteiger partial charge in [-0.15, -0.1) is 0 Å². The second-order valence-corrected chi connectivity index (χ2v) is 3.96. The van der Waals surface area contributed by atoms with E-state index in [0.29, 0.717) is 0 Å². The lowest BCUT2D eigenvalue weighted by Crippen LogP contribution is -2.49. The van der Waals surface area contributed by atoms with E-state index in [2.05, 4.69) is 29.3 Å². The van der Waals surface area contributed by atoms with Gasteiger partial charge < -0.3 is 5.32 Å². The molecule has 1 saturated heterocycles. The van der Waals surface area contributed by atoms with Crippen LogP contribution in [-0.2, 0) is 0 Å². The summed E-state index contributed by atoms with van der Waals surface area (Å²) >= 11 is 0. The van der Waals surface area contributed by atoms with Gasteiger partial charge in [-0.05, 0) is 18.9 Å². The third-order valence-electron chi connectivity index (χ3n) is 3.10. The summed E-state index contributed by atoms with van der Waals surface area (Å²) in [7, 11) is 0. The lowest BCUT2D eigenvalue weighted by atomic mass is 9.94. The lowest BCUT2D eigenvalue weighted by molar-refractivity contribution is 0.156. The minimum absolute atomic E-state index is 0.772. The van der Waals surface area contributed by atoms with Crippen molar-refractivity contribution in [3.05, 3.63) is 12.2 Å². The topological polar surface area (TPSA) is 15.3 Å². The number of piperidine rings is 1. The van der Waals surface area contributed by atoms with Crippen LogP contribution in [-0.4, -0.2) is 37.1 Å². The minimum atomic E-state index is 0.772. The lowest BCUT2D eigenvalue weighted by Gasteiger charge is -2.36. The largest absolute Gasteiger partial charge is 0.315 e. The van der Waals surface area contributed by atoms with Crippen molar-refractivity contribution >= 4 is 0 Å². The molecule has 2 atom stereocenters. The monoisotopic (exact) mass is 166 g/mol. The molecule has 0 aromatic rings. The number of nitrogens with one attached hydrogen (secondary N) is 1. The van der Waals surface area contributed by atoms with Crippen LogP contribution in [0.1, 0.15) is 13.3 Å². The van der Waals surface area contributed by atoms with Crippen molar-refractivity contribution in [2.45, 2.75) is 19.4 Å². The predicted molar refractivity (Wildman–Crippen MR) is 51.2 cm³/mol. The zero-order valence-corrected chi connectivity index (χ0v) is 7.79. The van der Waals surface area contributed by atoms with Gasteiger partial charge in [0.05, 0.1) is 0 Å². The quantitative estimate of drug-likeness (QED) is 0.581. The van der Waals surface area contributed by atoms with Gasteiger partial charge in [0.1, 0.15) is 0 Å². The second kappa shape index (κ2) is 3.58. The molecule has 2 heterocycles. The Morgan fingerprint density at radius 1 is 1.33 bits per heavy atom. The molecule has 2 unspecified atom stereocenters. The van der Waals surface area contributed by atoms with Crippen molar-refractivity contribution in [3.63, 3.8) is 0 Å². The van der Waals surface area contributed by atoms with E-state index in [-0.39, 0.29) is 0 Å². The summed E-state index contributed by atoms with van der Waals surface area (Å²) in [5.74, 6) is 0.867. The maximum atomic E-state index is 3.47. The van der Waals surface area contributed by atoms with Gasteiger partial charge in [-0.2, -0.15) is 0 Å². The summed E-state index contributed by atoms with van der Waals surface area (Å²) in [4.78, 5) is 2.57. The molecule has 0 spiro atoms. The number of hydrogen-bond acceptors (Lipinski definition) is 2. The Labute approximate surface area is 74.6 Å². The van der Waals surface area contributed by atoms with Crippen LogP contribution in [0.4, 0.5) is 0 Å². The maximum Gasteiger partial charge on any atom is 0.0253 e. The van der Waals surface area contributed by atoms with Gasteiger partial charge in [0.25, 0.3) is 0 Å². The zero-order chi connectivity index (χ0) is 8.39. The van der Waals surface area contributed by atoms with Gasteiger partial charge in [-0.1, -0.05) is 19.1 Å². The molecular weight excluding hydrogens is 148 g/mol. The molecule has 0 aromatic carbocycles. The molecule has 1 fully saturated rings.